The Labute approximate surface area is 122 Å². The molecule has 1 heterocycles. The summed E-state index contributed by atoms with van der Waals surface area (Å²) in [7, 11) is 0. The Morgan fingerprint density at radius 2 is 1.64 bits per heavy atom. The number of hydrogen-bond donors (Lipinski definition) is 3. The Kier molecular flexibility index (Phi) is 4.15. The molecule has 1 aromatic heterocycles. The number of carbonyl (C=O) groups is 2. The molecule has 0 fully saturated rings. The van der Waals surface area contributed by atoms with Gasteiger partial charge in [-0.3, -0.25) is 14.7 Å². The zero-order valence-corrected chi connectivity index (χ0v) is 11.3. The maximum atomic E-state index is 12.4. The average Bonchev–Trinajstić information content (AvgIpc) is 2.90. The molecular formula is C13H11F3N4O2. The second kappa shape index (κ2) is 5.88. The van der Waals surface area contributed by atoms with Gasteiger partial charge >= 0.3 is 6.18 Å². The number of rotatable bonds is 3. The lowest BCUT2D eigenvalue weighted by atomic mass is 10.2. The number of nitrogens with one attached hydrogen (secondary N) is 3. The van der Waals surface area contributed by atoms with Gasteiger partial charge in [0.1, 0.15) is 5.69 Å². The number of H-pyrrole nitrogens is 1. The zero-order valence-electron chi connectivity index (χ0n) is 11.3. The maximum absolute atomic E-state index is 12.4. The molecule has 0 spiro atoms. The van der Waals surface area contributed by atoms with Gasteiger partial charge in [-0.15, -0.1) is 0 Å². The quantitative estimate of drug-likeness (QED) is 0.814. The van der Waals surface area contributed by atoms with E-state index in [0.717, 1.165) is 0 Å². The van der Waals surface area contributed by atoms with Crippen LogP contribution in [0.3, 0.4) is 0 Å². The largest absolute Gasteiger partial charge is 0.432 e. The summed E-state index contributed by atoms with van der Waals surface area (Å²) in [6.45, 7) is 1.35. The van der Waals surface area contributed by atoms with E-state index < -0.39 is 17.8 Å². The molecule has 1 aromatic carbocycles. The first-order chi connectivity index (χ1) is 10.3. The minimum absolute atomic E-state index is 0.243. The molecule has 0 aliphatic rings. The van der Waals surface area contributed by atoms with E-state index in [2.05, 4.69) is 15.7 Å². The average molecular weight is 312 g/mol. The Hall–Kier alpha value is -2.84. The number of halogens is 3. The number of anilines is 2. The van der Waals surface area contributed by atoms with E-state index in [-0.39, 0.29) is 11.6 Å². The van der Waals surface area contributed by atoms with Crippen LogP contribution in [0.5, 0.6) is 0 Å². The number of carbonyl (C=O) groups excluding carboxylic acids is 2. The minimum atomic E-state index is -4.59. The number of aromatic nitrogens is 2. The monoisotopic (exact) mass is 312 g/mol. The molecule has 0 saturated heterocycles. The first kappa shape index (κ1) is 15.5. The number of hydrogen-bond acceptors (Lipinski definition) is 3. The van der Waals surface area contributed by atoms with Crippen LogP contribution < -0.4 is 10.6 Å². The maximum Gasteiger partial charge on any atom is 0.432 e. The summed E-state index contributed by atoms with van der Waals surface area (Å²) in [5.74, 6) is -1.02. The third-order valence-electron chi connectivity index (χ3n) is 2.58. The Morgan fingerprint density at radius 1 is 1.09 bits per heavy atom. The van der Waals surface area contributed by atoms with Crippen molar-refractivity contribution >= 4 is 23.2 Å². The predicted octanol–water partition coefficient (Wildman–Crippen LogP) is 2.64. The van der Waals surface area contributed by atoms with Crippen molar-refractivity contribution in [3.63, 3.8) is 0 Å². The molecule has 0 aliphatic carbocycles. The van der Waals surface area contributed by atoms with Crippen LogP contribution in [-0.4, -0.2) is 22.0 Å². The van der Waals surface area contributed by atoms with Crippen LogP contribution in [0.4, 0.5) is 24.5 Å². The van der Waals surface area contributed by atoms with Crippen LogP contribution in [-0.2, 0) is 11.0 Å². The van der Waals surface area contributed by atoms with Crippen LogP contribution in [0.2, 0.25) is 0 Å². The van der Waals surface area contributed by atoms with Crippen molar-refractivity contribution < 1.29 is 22.8 Å². The molecule has 0 atom stereocenters. The van der Waals surface area contributed by atoms with E-state index in [1.165, 1.54) is 19.1 Å². The Bertz CT molecular complexity index is 692. The van der Waals surface area contributed by atoms with Crippen LogP contribution in [0.15, 0.2) is 30.3 Å². The molecule has 22 heavy (non-hydrogen) atoms. The lowest BCUT2D eigenvalue weighted by Crippen LogP contribution is -2.12. The highest BCUT2D eigenvalue weighted by Gasteiger charge is 2.33. The lowest BCUT2D eigenvalue weighted by Gasteiger charge is -2.05. The highest BCUT2D eigenvalue weighted by atomic mass is 19.4. The molecule has 6 nitrogen and oxygen atoms in total. The molecule has 0 bridgehead atoms. The second-order valence-electron chi connectivity index (χ2n) is 4.38. The second-order valence-corrected chi connectivity index (χ2v) is 4.38. The molecule has 0 unspecified atom stereocenters. The predicted molar refractivity (Wildman–Crippen MR) is 72.3 cm³/mol. The number of amides is 2. The fraction of sp³-hybridized carbons (Fsp3) is 0.154. The first-order valence-corrected chi connectivity index (χ1v) is 6.07. The molecule has 9 heteroatoms. The summed E-state index contributed by atoms with van der Waals surface area (Å²) in [5.41, 5.74) is -0.586. The number of nitrogens with zero attached hydrogens (tertiary/aromatic N) is 1. The van der Waals surface area contributed by atoms with Crippen molar-refractivity contribution in [2.45, 2.75) is 13.1 Å². The highest BCUT2D eigenvalue weighted by molar-refractivity contribution is 6.03. The van der Waals surface area contributed by atoms with Crippen molar-refractivity contribution in [2.24, 2.45) is 0 Å². The summed E-state index contributed by atoms with van der Waals surface area (Å²) in [5, 5.41) is 10.0. The third kappa shape index (κ3) is 3.84. The summed E-state index contributed by atoms with van der Waals surface area (Å²) >= 11 is 0. The van der Waals surface area contributed by atoms with Gasteiger partial charge < -0.3 is 10.6 Å². The third-order valence-corrected chi connectivity index (χ3v) is 2.58. The van der Waals surface area contributed by atoms with Gasteiger partial charge in [-0.2, -0.15) is 18.3 Å². The van der Waals surface area contributed by atoms with Gasteiger partial charge in [0.25, 0.3) is 5.91 Å². The van der Waals surface area contributed by atoms with E-state index >= 15 is 0 Å². The van der Waals surface area contributed by atoms with E-state index in [1.807, 2.05) is 0 Å². The lowest BCUT2D eigenvalue weighted by molar-refractivity contribution is -0.141. The van der Waals surface area contributed by atoms with Crippen molar-refractivity contribution in [2.75, 3.05) is 10.6 Å². The van der Waals surface area contributed by atoms with Crippen molar-refractivity contribution in [1.29, 1.82) is 0 Å². The van der Waals surface area contributed by atoms with Gasteiger partial charge in [-0.25, -0.2) is 0 Å². The van der Waals surface area contributed by atoms with E-state index in [0.29, 0.717) is 17.4 Å². The van der Waals surface area contributed by atoms with Gasteiger partial charge in [0, 0.05) is 24.4 Å². The molecule has 2 rings (SSSR count). The van der Waals surface area contributed by atoms with Crippen LogP contribution >= 0.6 is 0 Å². The SMILES string of the molecule is CC(=O)Nc1ccc(NC(=O)c2cc(C(F)(F)F)[nH]n2)cc1. The number of alkyl halides is 3. The molecule has 2 amide bonds. The minimum Gasteiger partial charge on any atom is -0.326 e. The topological polar surface area (TPSA) is 86.9 Å². The van der Waals surface area contributed by atoms with Crippen molar-refractivity contribution in [3.05, 3.63) is 41.7 Å². The fourth-order valence-electron chi connectivity index (χ4n) is 1.62. The molecule has 2 aromatic rings. The summed E-state index contributed by atoms with van der Waals surface area (Å²) < 4.78 is 37.2. The highest BCUT2D eigenvalue weighted by Crippen LogP contribution is 2.27. The molecular weight excluding hydrogens is 301 g/mol. The molecule has 3 N–H and O–H groups in total. The van der Waals surface area contributed by atoms with Gasteiger partial charge in [0.15, 0.2) is 5.69 Å². The summed E-state index contributed by atoms with van der Waals surface area (Å²) in [6, 6.07) is 6.72. The van der Waals surface area contributed by atoms with Gasteiger partial charge in [0.05, 0.1) is 0 Å². The van der Waals surface area contributed by atoms with Gasteiger partial charge in [-0.05, 0) is 24.3 Å². The summed E-state index contributed by atoms with van der Waals surface area (Å²) in [4.78, 5) is 22.6. The normalized spacial score (nSPS) is 11.1. The van der Waals surface area contributed by atoms with Crippen LogP contribution in [0, 0.1) is 0 Å². The fourth-order valence-corrected chi connectivity index (χ4v) is 1.62. The smallest absolute Gasteiger partial charge is 0.326 e. The summed E-state index contributed by atoms with van der Waals surface area (Å²) in [6.07, 6.45) is -4.59. The van der Waals surface area contributed by atoms with Crippen molar-refractivity contribution in [3.8, 4) is 0 Å². The van der Waals surface area contributed by atoms with Crippen LogP contribution in [0.1, 0.15) is 23.1 Å². The zero-order chi connectivity index (χ0) is 16.3. The van der Waals surface area contributed by atoms with E-state index in [4.69, 9.17) is 0 Å². The van der Waals surface area contributed by atoms with Gasteiger partial charge in [-0.1, -0.05) is 0 Å². The molecule has 0 aliphatic heterocycles. The van der Waals surface area contributed by atoms with Crippen molar-refractivity contribution in [1.82, 2.24) is 10.2 Å². The van der Waals surface area contributed by atoms with Gasteiger partial charge in [0.2, 0.25) is 5.91 Å². The van der Waals surface area contributed by atoms with Crippen LogP contribution in [0.25, 0.3) is 0 Å². The molecule has 0 saturated carbocycles. The molecule has 116 valence electrons. The Balaban J connectivity index is 2.05. The van der Waals surface area contributed by atoms with E-state index in [1.54, 1.807) is 17.2 Å². The van der Waals surface area contributed by atoms with E-state index in [9.17, 15) is 22.8 Å². The number of aromatic amines is 1. The number of benzene rings is 1. The first-order valence-electron chi connectivity index (χ1n) is 6.07. The Morgan fingerprint density at radius 3 is 2.09 bits per heavy atom. The standard InChI is InChI=1S/C13H11F3N4O2/c1-7(21)17-8-2-4-9(5-3-8)18-12(22)10-6-11(20-19-10)13(14,15)16/h2-6H,1H3,(H,17,21)(H,18,22)(H,19,20). The molecule has 0 radical (unpaired) electrons.